The van der Waals surface area contributed by atoms with E-state index < -0.39 is 0 Å². The van der Waals surface area contributed by atoms with Crippen molar-refractivity contribution in [3.63, 3.8) is 0 Å². The van der Waals surface area contributed by atoms with Crippen LogP contribution in [0, 0.1) is 6.92 Å². The van der Waals surface area contributed by atoms with E-state index in [0.29, 0.717) is 29.5 Å². The van der Waals surface area contributed by atoms with Crippen molar-refractivity contribution in [1.82, 2.24) is 35.1 Å². The predicted octanol–water partition coefficient (Wildman–Crippen LogP) is 6.57. The maximum Gasteiger partial charge on any atom is 0.159 e. The van der Waals surface area contributed by atoms with Crippen molar-refractivity contribution in [2.24, 2.45) is 0 Å². The van der Waals surface area contributed by atoms with Crippen molar-refractivity contribution in [3.05, 3.63) is 95.9 Å². The Kier molecular flexibility index (Phi) is 5.41. The highest BCUT2D eigenvalue weighted by Gasteiger charge is 2.17. The molecule has 0 aliphatic heterocycles. The number of aromatic amines is 2. The first-order valence-electron chi connectivity index (χ1n) is 12.1. The number of fused-ring (bicyclic) bond motifs is 2. The first-order valence-corrected chi connectivity index (χ1v) is 12.9. The van der Waals surface area contributed by atoms with Crippen LogP contribution in [0.2, 0.25) is 0 Å². The minimum atomic E-state index is 0.475. The summed E-state index contributed by atoms with van der Waals surface area (Å²) >= 11 is 1.70. The first kappa shape index (κ1) is 22.3. The molecule has 0 aliphatic carbocycles. The summed E-state index contributed by atoms with van der Waals surface area (Å²) in [6.45, 7) is 2.56. The Morgan fingerprint density at radius 2 is 1.79 bits per heavy atom. The molecule has 0 fully saturated rings. The number of benzene rings is 1. The monoisotopic (exact) mass is 515 g/mol. The number of aryl methyl sites for hydroxylation is 1. The van der Waals surface area contributed by atoms with Gasteiger partial charge < -0.3 is 9.72 Å². The quantitative estimate of drug-likeness (QED) is 0.259. The van der Waals surface area contributed by atoms with E-state index in [4.69, 9.17) is 9.72 Å². The summed E-state index contributed by atoms with van der Waals surface area (Å²) in [6.07, 6.45) is 7.13. The second-order valence-corrected chi connectivity index (χ2v) is 10.2. The van der Waals surface area contributed by atoms with Crippen LogP contribution < -0.4 is 4.74 Å². The van der Waals surface area contributed by atoms with E-state index in [9.17, 15) is 0 Å². The number of rotatable bonds is 6. The smallest absolute Gasteiger partial charge is 0.159 e. The standard InChI is InChI=1S/C29H21N7OS/c1-17-7-8-24(38-17)27-26-23(9-10-31-27)33-29(34-26)25-22-12-20(14-32-28(22)36-35-25)19-11-21(15-30-13-19)37-16-18-5-3-2-4-6-18/h2-15H,16H2,1H3,(H,33,34)(H,32,35,36). The number of nitrogens with one attached hydrogen (secondary N) is 2. The Balaban J connectivity index is 1.24. The van der Waals surface area contributed by atoms with Crippen LogP contribution in [0.1, 0.15) is 10.4 Å². The molecule has 0 radical (unpaired) electrons. The third kappa shape index (κ3) is 4.08. The van der Waals surface area contributed by atoms with Gasteiger partial charge in [0.2, 0.25) is 0 Å². The van der Waals surface area contributed by atoms with Gasteiger partial charge in [0.1, 0.15) is 29.3 Å². The van der Waals surface area contributed by atoms with Crippen LogP contribution in [0.4, 0.5) is 0 Å². The van der Waals surface area contributed by atoms with Gasteiger partial charge in [0.25, 0.3) is 0 Å². The maximum atomic E-state index is 5.98. The Morgan fingerprint density at radius 3 is 2.66 bits per heavy atom. The molecule has 184 valence electrons. The van der Waals surface area contributed by atoms with Gasteiger partial charge in [-0.15, -0.1) is 11.3 Å². The number of thiophene rings is 1. The summed E-state index contributed by atoms with van der Waals surface area (Å²) < 4.78 is 5.98. The number of hydrogen-bond donors (Lipinski definition) is 2. The molecule has 8 nitrogen and oxygen atoms in total. The van der Waals surface area contributed by atoms with Gasteiger partial charge in [-0.1, -0.05) is 30.3 Å². The molecule has 9 heteroatoms. The van der Waals surface area contributed by atoms with Crippen LogP contribution in [-0.2, 0) is 6.61 Å². The van der Waals surface area contributed by atoms with Crippen molar-refractivity contribution < 1.29 is 4.74 Å². The fourth-order valence-corrected chi connectivity index (χ4v) is 5.29. The second-order valence-electron chi connectivity index (χ2n) is 8.93. The van der Waals surface area contributed by atoms with Crippen molar-refractivity contribution in [3.8, 4) is 39.0 Å². The molecule has 7 rings (SSSR count). The molecule has 2 N–H and O–H groups in total. The summed E-state index contributed by atoms with van der Waals surface area (Å²) in [5.74, 6) is 1.35. The summed E-state index contributed by atoms with van der Waals surface area (Å²) in [5.41, 5.74) is 6.87. The Bertz CT molecular complexity index is 1910. The van der Waals surface area contributed by atoms with Crippen molar-refractivity contribution in [2.75, 3.05) is 0 Å². The van der Waals surface area contributed by atoms with Gasteiger partial charge in [0, 0.05) is 34.6 Å². The Hall–Kier alpha value is -4.89. The Labute approximate surface area is 221 Å². The molecule has 0 amide bonds. The second kappa shape index (κ2) is 9.20. The van der Waals surface area contributed by atoms with Gasteiger partial charge in [-0.05, 0) is 42.8 Å². The summed E-state index contributed by atoms with van der Waals surface area (Å²) in [7, 11) is 0. The molecule has 6 aromatic heterocycles. The zero-order valence-corrected chi connectivity index (χ0v) is 21.2. The minimum Gasteiger partial charge on any atom is -0.487 e. The topological polar surface area (TPSA) is 105 Å². The fraction of sp³-hybridized carbons (Fsp3) is 0.0690. The molecule has 0 bridgehead atoms. The summed E-state index contributed by atoms with van der Waals surface area (Å²) in [6, 6.07) is 20.2. The van der Waals surface area contributed by atoms with Gasteiger partial charge >= 0.3 is 0 Å². The molecule has 0 aliphatic rings. The summed E-state index contributed by atoms with van der Waals surface area (Å²) in [5, 5.41) is 8.44. The molecular formula is C29H21N7OS. The van der Waals surface area contributed by atoms with E-state index in [1.807, 2.05) is 54.7 Å². The SMILES string of the molecule is Cc1ccc(-c2nccc3[nH]c(-c4n[nH]c5ncc(-c6cncc(OCc7ccccc7)c6)cc45)nc23)s1. The highest BCUT2D eigenvalue weighted by molar-refractivity contribution is 7.15. The minimum absolute atomic E-state index is 0.475. The van der Waals surface area contributed by atoms with Crippen molar-refractivity contribution in [1.29, 1.82) is 0 Å². The molecule has 0 atom stereocenters. The molecule has 0 saturated heterocycles. The lowest BCUT2D eigenvalue weighted by Crippen LogP contribution is -1.96. The van der Waals surface area contributed by atoms with Gasteiger partial charge in [0.05, 0.1) is 22.0 Å². The van der Waals surface area contributed by atoms with E-state index in [0.717, 1.165) is 43.7 Å². The van der Waals surface area contributed by atoms with Crippen LogP contribution >= 0.6 is 11.3 Å². The number of H-pyrrole nitrogens is 2. The molecule has 38 heavy (non-hydrogen) atoms. The van der Waals surface area contributed by atoms with Crippen molar-refractivity contribution >= 4 is 33.4 Å². The average Bonchev–Trinajstić information content (AvgIpc) is 3.70. The highest BCUT2D eigenvalue weighted by atomic mass is 32.1. The Morgan fingerprint density at radius 1 is 0.895 bits per heavy atom. The van der Waals surface area contributed by atoms with E-state index in [1.54, 1.807) is 29.9 Å². The highest BCUT2D eigenvalue weighted by Crippen LogP contribution is 2.34. The van der Waals surface area contributed by atoms with Gasteiger partial charge in [-0.3, -0.25) is 15.1 Å². The zero-order chi connectivity index (χ0) is 25.5. The van der Waals surface area contributed by atoms with E-state index in [2.05, 4.69) is 49.2 Å². The van der Waals surface area contributed by atoms with Gasteiger partial charge in [-0.25, -0.2) is 9.97 Å². The normalized spacial score (nSPS) is 11.4. The van der Waals surface area contributed by atoms with Crippen LogP contribution in [-0.4, -0.2) is 35.1 Å². The molecule has 1 aromatic carbocycles. The molecular weight excluding hydrogens is 494 g/mol. The lowest BCUT2D eigenvalue weighted by molar-refractivity contribution is 0.305. The zero-order valence-electron chi connectivity index (χ0n) is 20.3. The largest absolute Gasteiger partial charge is 0.487 e. The summed E-state index contributed by atoms with van der Waals surface area (Å²) in [4.78, 5) is 24.3. The van der Waals surface area contributed by atoms with Gasteiger partial charge in [0.15, 0.2) is 11.5 Å². The van der Waals surface area contributed by atoms with Crippen LogP contribution in [0.15, 0.2) is 85.5 Å². The first-order chi connectivity index (χ1) is 18.7. The third-order valence-electron chi connectivity index (χ3n) is 6.31. The van der Waals surface area contributed by atoms with Crippen molar-refractivity contribution in [2.45, 2.75) is 13.5 Å². The number of ether oxygens (including phenoxy) is 1. The number of imidazole rings is 1. The number of nitrogens with zero attached hydrogens (tertiary/aromatic N) is 5. The number of aromatic nitrogens is 7. The molecule has 6 heterocycles. The van der Waals surface area contributed by atoms with E-state index in [-0.39, 0.29) is 0 Å². The average molecular weight is 516 g/mol. The predicted molar refractivity (Wildman–Crippen MR) is 149 cm³/mol. The lowest BCUT2D eigenvalue weighted by atomic mass is 10.1. The molecule has 7 aromatic rings. The lowest BCUT2D eigenvalue weighted by Gasteiger charge is -2.08. The third-order valence-corrected chi connectivity index (χ3v) is 7.32. The van der Waals surface area contributed by atoms with Crippen LogP contribution in [0.25, 0.3) is 55.3 Å². The molecule has 0 unspecified atom stereocenters. The van der Waals surface area contributed by atoms with E-state index >= 15 is 0 Å². The van der Waals surface area contributed by atoms with Crippen LogP contribution in [0.5, 0.6) is 5.75 Å². The molecule has 0 spiro atoms. The van der Waals surface area contributed by atoms with E-state index in [1.165, 1.54) is 4.88 Å². The fourth-order valence-electron chi connectivity index (χ4n) is 4.43. The van der Waals surface area contributed by atoms with Gasteiger partial charge in [-0.2, -0.15) is 5.10 Å². The van der Waals surface area contributed by atoms with Crippen LogP contribution in [0.3, 0.4) is 0 Å². The molecule has 0 saturated carbocycles. The maximum absolute atomic E-state index is 5.98. The number of pyridine rings is 3. The number of hydrogen-bond acceptors (Lipinski definition) is 7.